The maximum Gasteiger partial charge on any atom is 0.231 e. The van der Waals surface area contributed by atoms with Crippen LogP contribution in [0.3, 0.4) is 0 Å². The molecule has 2 atom stereocenters. The third-order valence-electron chi connectivity index (χ3n) is 4.60. The number of hydrogen-bond donors (Lipinski definition) is 1. The number of pyridine rings is 2. The lowest BCUT2D eigenvalue weighted by atomic mass is 10.2. The van der Waals surface area contributed by atoms with Crippen LogP contribution in [0.1, 0.15) is 13.3 Å². The normalized spacial score (nSPS) is 18.5. The fourth-order valence-corrected chi connectivity index (χ4v) is 3.08. The first-order valence-electron chi connectivity index (χ1n) is 8.67. The van der Waals surface area contributed by atoms with Gasteiger partial charge < -0.3 is 14.6 Å². The van der Waals surface area contributed by atoms with Crippen LogP contribution in [-0.2, 0) is 11.8 Å². The van der Waals surface area contributed by atoms with Crippen molar-refractivity contribution in [1.82, 2.24) is 14.5 Å². The highest BCUT2D eigenvalue weighted by molar-refractivity contribution is 5.96. The molecular formula is C19H18F2N4O2. The second-order valence-electron chi connectivity index (χ2n) is 6.50. The molecule has 0 bridgehead atoms. The average Bonchev–Trinajstić information content (AvgIpc) is 3.29. The van der Waals surface area contributed by atoms with Crippen LogP contribution >= 0.6 is 0 Å². The van der Waals surface area contributed by atoms with Crippen LogP contribution in [0.2, 0.25) is 0 Å². The van der Waals surface area contributed by atoms with Gasteiger partial charge in [-0.3, -0.25) is 4.79 Å². The van der Waals surface area contributed by atoms with Crippen LogP contribution in [0.5, 0.6) is 5.88 Å². The summed E-state index contributed by atoms with van der Waals surface area (Å²) in [6.07, 6.45) is 1.93. The zero-order valence-electron chi connectivity index (χ0n) is 14.9. The number of carbonyl (C=O) groups excluding carboxylic acids is 1. The third-order valence-corrected chi connectivity index (χ3v) is 4.60. The summed E-state index contributed by atoms with van der Waals surface area (Å²) in [6, 6.07) is 4.93. The van der Waals surface area contributed by atoms with Crippen molar-refractivity contribution in [1.29, 1.82) is 0 Å². The Hall–Kier alpha value is -3.03. The number of rotatable bonds is 5. The Morgan fingerprint density at radius 2 is 2.11 bits per heavy atom. The van der Waals surface area contributed by atoms with E-state index in [0.717, 1.165) is 17.1 Å². The van der Waals surface area contributed by atoms with E-state index in [-0.39, 0.29) is 12.3 Å². The lowest BCUT2D eigenvalue weighted by Gasteiger charge is -2.10. The second-order valence-corrected chi connectivity index (χ2v) is 6.50. The number of alkyl halides is 1. The van der Waals surface area contributed by atoms with Gasteiger partial charge in [-0.25, -0.2) is 18.7 Å². The molecule has 2 unspecified atom stereocenters. The van der Waals surface area contributed by atoms with Gasteiger partial charge in [-0.05, 0) is 31.5 Å². The summed E-state index contributed by atoms with van der Waals surface area (Å²) in [5.74, 6) is -0.713. The van der Waals surface area contributed by atoms with Crippen LogP contribution in [-0.4, -0.2) is 33.2 Å². The molecule has 140 valence electrons. The van der Waals surface area contributed by atoms with Gasteiger partial charge in [-0.15, -0.1) is 0 Å². The molecule has 1 aliphatic carbocycles. The Morgan fingerprint density at radius 1 is 1.33 bits per heavy atom. The molecule has 3 aromatic heterocycles. The van der Waals surface area contributed by atoms with Gasteiger partial charge in [0, 0.05) is 12.4 Å². The van der Waals surface area contributed by atoms with E-state index in [1.807, 2.05) is 24.6 Å². The first-order chi connectivity index (χ1) is 13.0. The fourth-order valence-electron chi connectivity index (χ4n) is 3.08. The number of aromatic nitrogens is 3. The molecule has 0 radical (unpaired) electrons. The van der Waals surface area contributed by atoms with E-state index in [0.29, 0.717) is 29.6 Å². The van der Waals surface area contributed by atoms with Crippen molar-refractivity contribution < 1.29 is 18.3 Å². The van der Waals surface area contributed by atoms with Crippen molar-refractivity contribution >= 4 is 22.6 Å². The number of ether oxygens (including phenoxy) is 1. The van der Waals surface area contributed by atoms with E-state index in [2.05, 4.69) is 15.3 Å². The highest BCUT2D eigenvalue weighted by Gasteiger charge is 2.43. The molecule has 1 fully saturated rings. The lowest BCUT2D eigenvalue weighted by molar-refractivity contribution is -0.117. The number of anilines is 1. The fraction of sp³-hybridized carbons (Fsp3) is 0.316. The summed E-state index contributed by atoms with van der Waals surface area (Å²) >= 11 is 0. The van der Waals surface area contributed by atoms with E-state index in [9.17, 15) is 13.6 Å². The van der Waals surface area contributed by atoms with Crippen LogP contribution in [0, 0.1) is 11.7 Å². The highest BCUT2D eigenvalue weighted by Crippen LogP contribution is 2.36. The SMILES string of the molecule is CCOc1ncc(F)cc1-c1cc2cc(NC(=O)C3CC3F)ncc2n1C. The van der Waals surface area contributed by atoms with Gasteiger partial charge in [0.2, 0.25) is 11.8 Å². The summed E-state index contributed by atoms with van der Waals surface area (Å²) in [7, 11) is 1.83. The molecule has 0 spiro atoms. The molecule has 8 heteroatoms. The number of amides is 1. The molecule has 3 heterocycles. The van der Waals surface area contributed by atoms with E-state index in [4.69, 9.17) is 4.74 Å². The van der Waals surface area contributed by atoms with Gasteiger partial charge in [0.25, 0.3) is 0 Å². The summed E-state index contributed by atoms with van der Waals surface area (Å²) < 4.78 is 34.2. The first-order valence-corrected chi connectivity index (χ1v) is 8.67. The van der Waals surface area contributed by atoms with E-state index >= 15 is 0 Å². The molecule has 0 aromatic carbocycles. The molecule has 6 nitrogen and oxygen atoms in total. The number of nitrogens with one attached hydrogen (secondary N) is 1. The van der Waals surface area contributed by atoms with Crippen LogP contribution in [0.25, 0.3) is 22.2 Å². The van der Waals surface area contributed by atoms with Gasteiger partial charge >= 0.3 is 0 Å². The number of halogens is 2. The quantitative estimate of drug-likeness (QED) is 0.745. The largest absolute Gasteiger partial charge is 0.477 e. The Balaban J connectivity index is 1.72. The molecule has 1 aliphatic rings. The molecule has 4 rings (SSSR count). The molecule has 0 saturated heterocycles. The van der Waals surface area contributed by atoms with Gasteiger partial charge in [0.1, 0.15) is 17.8 Å². The zero-order valence-corrected chi connectivity index (χ0v) is 14.9. The molecule has 27 heavy (non-hydrogen) atoms. The van der Waals surface area contributed by atoms with E-state index in [1.165, 1.54) is 6.07 Å². The van der Waals surface area contributed by atoms with Crippen molar-refractivity contribution in [2.45, 2.75) is 19.5 Å². The summed E-state index contributed by atoms with van der Waals surface area (Å²) in [6.45, 7) is 2.24. The van der Waals surface area contributed by atoms with Crippen LogP contribution in [0.15, 0.2) is 30.6 Å². The standard InChI is InChI=1S/C19H18F2N4O2/c1-3-27-19-13(6-11(20)8-23-19)15-4-10-5-17(22-9-16(10)25(15)2)24-18(26)12-7-14(12)21/h4-6,8-9,12,14H,3,7H2,1-2H3,(H,22,24,26). The van der Waals surface area contributed by atoms with E-state index in [1.54, 1.807) is 12.3 Å². The minimum atomic E-state index is -1.06. The Kier molecular flexibility index (Phi) is 4.25. The zero-order chi connectivity index (χ0) is 19.1. The Bertz CT molecular complexity index is 1030. The van der Waals surface area contributed by atoms with E-state index < -0.39 is 17.9 Å². The maximum absolute atomic E-state index is 13.8. The highest BCUT2D eigenvalue weighted by atomic mass is 19.1. The summed E-state index contributed by atoms with van der Waals surface area (Å²) in [5.41, 5.74) is 2.03. The Labute approximate surface area is 154 Å². The number of aryl methyl sites for hydroxylation is 1. The summed E-state index contributed by atoms with van der Waals surface area (Å²) in [5, 5.41) is 3.44. The lowest BCUT2D eigenvalue weighted by Crippen LogP contribution is -2.15. The maximum atomic E-state index is 13.8. The van der Waals surface area contributed by atoms with Crippen molar-refractivity contribution in [2.75, 3.05) is 11.9 Å². The van der Waals surface area contributed by atoms with Crippen molar-refractivity contribution in [3.05, 3.63) is 36.4 Å². The first kappa shape index (κ1) is 17.4. The predicted octanol–water partition coefficient (Wildman–Crippen LogP) is 3.47. The summed E-state index contributed by atoms with van der Waals surface area (Å²) in [4.78, 5) is 20.2. The van der Waals surface area contributed by atoms with Gasteiger partial charge in [0.15, 0.2) is 0 Å². The number of fused-ring (bicyclic) bond motifs is 1. The minimum Gasteiger partial charge on any atom is -0.477 e. The molecular weight excluding hydrogens is 354 g/mol. The van der Waals surface area contributed by atoms with Gasteiger partial charge in [0.05, 0.1) is 41.7 Å². The second kappa shape index (κ2) is 6.61. The Morgan fingerprint density at radius 3 is 2.81 bits per heavy atom. The topological polar surface area (TPSA) is 69.0 Å². The number of nitrogens with zero attached hydrogens (tertiary/aromatic N) is 3. The molecule has 3 aromatic rings. The predicted molar refractivity (Wildman–Crippen MR) is 96.7 cm³/mol. The number of hydrogen-bond acceptors (Lipinski definition) is 4. The van der Waals surface area contributed by atoms with Crippen LogP contribution in [0.4, 0.5) is 14.6 Å². The van der Waals surface area contributed by atoms with Gasteiger partial charge in [-0.1, -0.05) is 0 Å². The van der Waals surface area contributed by atoms with Crippen molar-refractivity contribution in [2.24, 2.45) is 13.0 Å². The van der Waals surface area contributed by atoms with Crippen molar-refractivity contribution in [3.8, 4) is 17.1 Å². The van der Waals surface area contributed by atoms with Gasteiger partial charge in [-0.2, -0.15) is 0 Å². The van der Waals surface area contributed by atoms with Crippen LogP contribution < -0.4 is 10.1 Å². The average molecular weight is 372 g/mol. The molecule has 0 aliphatic heterocycles. The third kappa shape index (κ3) is 3.22. The number of carbonyl (C=O) groups is 1. The minimum absolute atomic E-state index is 0.260. The monoisotopic (exact) mass is 372 g/mol. The molecule has 1 N–H and O–H groups in total. The van der Waals surface area contributed by atoms with Crippen molar-refractivity contribution in [3.63, 3.8) is 0 Å². The molecule has 1 saturated carbocycles. The molecule has 1 amide bonds. The smallest absolute Gasteiger partial charge is 0.231 e.